The third kappa shape index (κ3) is 5.13. The van der Waals surface area contributed by atoms with E-state index in [4.69, 9.17) is 19.4 Å². The highest BCUT2D eigenvalue weighted by Crippen LogP contribution is 2.37. The highest BCUT2D eigenvalue weighted by atomic mass is 16.3. The van der Waals surface area contributed by atoms with Gasteiger partial charge in [-0.25, -0.2) is 15.0 Å². The molecule has 0 saturated heterocycles. The fraction of sp³-hybridized carbons (Fsp3) is 0. The van der Waals surface area contributed by atoms with Crippen molar-refractivity contribution in [3.05, 3.63) is 176 Å². The first kappa shape index (κ1) is 29.0. The second kappa shape index (κ2) is 11.9. The van der Waals surface area contributed by atoms with Crippen LogP contribution in [0.15, 0.2) is 180 Å². The molecule has 0 bridgehead atoms. The molecule has 2 aromatic heterocycles. The maximum Gasteiger partial charge on any atom is 0.164 e. The summed E-state index contributed by atoms with van der Waals surface area (Å²) in [4.78, 5) is 15.5. The standard InChI is InChI=1S/C47H29N3O/c1-3-11-30(12-4-1)31-21-23-33(24-22-31)45-48-46(35-26-25-34-29-44-42(28-36(34)27-35)40-15-7-8-20-43(40)51-44)50-47(49-45)41-19-10-17-38-37(16-9-18-39(38)41)32-13-5-2-6-14-32/h1-29H. The van der Waals surface area contributed by atoms with Crippen molar-refractivity contribution in [2.75, 3.05) is 0 Å². The monoisotopic (exact) mass is 651 g/mol. The van der Waals surface area contributed by atoms with Gasteiger partial charge >= 0.3 is 0 Å². The predicted molar refractivity (Wildman–Crippen MR) is 209 cm³/mol. The summed E-state index contributed by atoms with van der Waals surface area (Å²) in [6.45, 7) is 0. The molecule has 0 N–H and O–H groups in total. The van der Waals surface area contributed by atoms with E-state index in [1.54, 1.807) is 0 Å². The van der Waals surface area contributed by atoms with Crippen LogP contribution in [0.4, 0.5) is 0 Å². The lowest BCUT2D eigenvalue weighted by Crippen LogP contribution is -2.00. The van der Waals surface area contributed by atoms with E-state index in [1.165, 1.54) is 16.7 Å². The number of aromatic nitrogens is 3. The van der Waals surface area contributed by atoms with Crippen LogP contribution in [-0.4, -0.2) is 15.0 Å². The quantitative estimate of drug-likeness (QED) is 0.186. The number of benzene rings is 8. The SMILES string of the molecule is c1ccc(-c2ccc(-c3nc(-c4ccc5cc6oc7ccccc7c6cc5c4)nc(-c4cccc5c(-c6ccccc6)cccc45)n3)cc2)cc1. The lowest BCUT2D eigenvalue weighted by molar-refractivity contribution is 0.669. The van der Waals surface area contributed by atoms with Crippen molar-refractivity contribution in [3.63, 3.8) is 0 Å². The zero-order valence-electron chi connectivity index (χ0n) is 27.5. The van der Waals surface area contributed by atoms with Crippen molar-refractivity contribution in [2.45, 2.75) is 0 Å². The first-order valence-corrected chi connectivity index (χ1v) is 17.1. The Kier molecular flexibility index (Phi) is 6.78. The van der Waals surface area contributed by atoms with Crippen LogP contribution in [0.5, 0.6) is 0 Å². The molecule has 0 saturated carbocycles. The Hall–Kier alpha value is -6.91. The van der Waals surface area contributed by atoms with Crippen LogP contribution in [0, 0.1) is 0 Å². The fourth-order valence-corrected chi connectivity index (χ4v) is 7.18. The van der Waals surface area contributed by atoms with Gasteiger partial charge in [-0.1, -0.05) is 152 Å². The number of hydrogen-bond acceptors (Lipinski definition) is 4. The minimum absolute atomic E-state index is 0.623. The number of nitrogens with zero attached hydrogens (tertiary/aromatic N) is 3. The summed E-state index contributed by atoms with van der Waals surface area (Å²) in [5, 5.41) is 6.64. The summed E-state index contributed by atoms with van der Waals surface area (Å²) >= 11 is 0. The second-order valence-electron chi connectivity index (χ2n) is 12.8. The molecule has 10 rings (SSSR count). The summed E-state index contributed by atoms with van der Waals surface area (Å²) in [6.07, 6.45) is 0. The number of para-hydroxylation sites is 1. The summed E-state index contributed by atoms with van der Waals surface area (Å²) in [5.74, 6) is 1.88. The minimum atomic E-state index is 0.623. The fourth-order valence-electron chi connectivity index (χ4n) is 7.18. The zero-order valence-corrected chi connectivity index (χ0v) is 27.5. The van der Waals surface area contributed by atoms with Gasteiger partial charge in [-0.3, -0.25) is 0 Å². The second-order valence-corrected chi connectivity index (χ2v) is 12.8. The summed E-state index contributed by atoms with van der Waals surface area (Å²) in [5.41, 5.74) is 9.24. The molecule has 0 aliphatic heterocycles. The van der Waals surface area contributed by atoms with Crippen molar-refractivity contribution in [3.8, 4) is 56.4 Å². The van der Waals surface area contributed by atoms with Crippen molar-refractivity contribution < 1.29 is 4.42 Å². The van der Waals surface area contributed by atoms with Gasteiger partial charge in [0.2, 0.25) is 0 Å². The van der Waals surface area contributed by atoms with Crippen LogP contribution in [0.2, 0.25) is 0 Å². The molecule has 0 spiro atoms. The molecule has 0 amide bonds. The minimum Gasteiger partial charge on any atom is -0.456 e. The summed E-state index contributed by atoms with van der Waals surface area (Å²) < 4.78 is 6.18. The summed E-state index contributed by atoms with van der Waals surface area (Å²) in [6, 6.07) is 61.1. The number of furan rings is 1. The molecule has 0 aliphatic carbocycles. The van der Waals surface area contributed by atoms with Gasteiger partial charge in [-0.05, 0) is 68.1 Å². The van der Waals surface area contributed by atoms with Gasteiger partial charge in [-0.2, -0.15) is 0 Å². The molecule has 10 aromatic rings. The molecule has 0 radical (unpaired) electrons. The molecule has 0 atom stereocenters. The molecule has 4 nitrogen and oxygen atoms in total. The Morgan fingerprint density at radius 2 is 0.863 bits per heavy atom. The predicted octanol–water partition coefficient (Wildman–Crippen LogP) is 12.4. The lowest BCUT2D eigenvalue weighted by Gasteiger charge is -2.13. The molecular weight excluding hydrogens is 623 g/mol. The molecule has 238 valence electrons. The van der Waals surface area contributed by atoms with E-state index in [1.807, 2.05) is 30.3 Å². The van der Waals surface area contributed by atoms with Crippen molar-refractivity contribution in [2.24, 2.45) is 0 Å². The molecule has 0 aliphatic rings. The molecule has 2 heterocycles. The van der Waals surface area contributed by atoms with E-state index in [0.29, 0.717) is 17.5 Å². The van der Waals surface area contributed by atoms with Crippen LogP contribution in [0.3, 0.4) is 0 Å². The topological polar surface area (TPSA) is 51.8 Å². The van der Waals surface area contributed by atoms with Crippen LogP contribution in [-0.2, 0) is 0 Å². The van der Waals surface area contributed by atoms with E-state index < -0.39 is 0 Å². The van der Waals surface area contributed by atoms with Crippen molar-refractivity contribution >= 4 is 43.5 Å². The normalized spacial score (nSPS) is 11.5. The maximum absolute atomic E-state index is 6.18. The van der Waals surface area contributed by atoms with E-state index in [9.17, 15) is 0 Å². The van der Waals surface area contributed by atoms with E-state index in [0.717, 1.165) is 65.7 Å². The average Bonchev–Trinajstić information content (AvgIpc) is 3.57. The van der Waals surface area contributed by atoms with Gasteiger partial charge < -0.3 is 4.42 Å². The smallest absolute Gasteiger partial charge is 0.164 e. The summed E-state index contributed by atoms with van der Waals surface area (Å²) in [7, 11) is 0. The highest BCUT2D eigenvalue weighted by Gasteiger charge is 2.17. The van der Waals surface area contributed by atoms with Gasteiger partial charge in [0.25, 0.3) is 0 Å². The Morgan fingerprint density at radius 3 is 1.65 bits per heavy atom. The first-order valence-electron chi connectivity index (χ1n) is 17.1. The van der Waals surface area contributed by atoms with Crippen LogP contribution in [0.25, 0.3) is 99.9 Å². The third-order valence-corrected chi connectivity index (χ3v) is 9.73. The van der Waals surface area contributed by atoms with E-state index >= 15 is 0 Å². The van der Waals surface area contributed by atoms with Crippen molar-refractivity contribution in [1.82, 2.24) is 15.0 Å². The van der Waals surface area contributed by atoms with E-state index in [2.05, 4.69) is 146 Å². The number of hydrogen-bond donors (Lipinski definition) is 0. The Morgan fingerprint density at radius 1 is 0.294 bits per heavy atom. The maximum atomic E-state index is 6.18. The Labute approximate surface area is 294 Å². The van der Waals surface area contributed by atoms with Crippen LogP contribution >= 0.6 is 0 Å². The van der Waals surface area contributed by atoms with Gasteiger partial charge in [-0.15, -0.1) is 0 Å². The van der Waals surface area contributed by atoms with Crippen LogP contribution in [0.1, 0.15) is 0 Å². The molecule has 51 heavy (non-hydrogen) atoms. The van der Waals surface area contributed by atoms with Gasteiger partial charge in [0.05, 0.1) is 0 Å². The van der Waals surface area contributed by atoms with Gasteiger partial charge in [0.15, 0.2) is 17.5 Å². The molecule has 4 heteroatoms. The lowest BCUT2D eigenvalue weighted by atomic mass is 9.95. The number of fused-ring (bicyclic) bond motifs is 5. The van der Waals surface area contributed by atoms with Gasteiger partial charge in [0, 0.05) is 27.5 Å². The number of rotatable bonds is 5. The largest absolute Gasteiger partial charge is 0.456 e. The molecule has 0 unspecified atom stereocenters. The zero-order chi connectivity index (χ0) is 33.7. The van der Waals surface area contributed by atoms with E-state index in [-0.39, 0.29) is 0 Å². The average molecular weight is 652 g/mol. The first-order chi connectivity index (χ1) is 25.2. The molecular formula is C47H29N3O. The van der Waals surface area contributed by atoms with Crippen molar-refractivity contribution in [1.29, 1.82) is 0 Å². The third-order valence-electron chi connectivity index (χ3n) is 9.73. The molecule has 0 fully saturated rings. The Balaban J connectivity index is 1.16. The Bertz CT molecular complexity index is 2900. The highest BCUT2D eigenvalue weighted by molar-refractivity contribution is 6.10. The van der Waals surface area contributed by atoms with Crippen LogP contribution < -0.4 is 0 Å². The molecule has 8 aromatic carbocycles. The van der Waals surface area contributed by atoms with Gasteiger partial charge in [0.1, 0.15) is 11.2 Å².